The highest BCUT2D eigenvalue weighted by Crippen LogP contribution is 2.49. The van der Waals surface area contributed by atoms with Crippen molar-refractivity contribution < 1.29 is 27.0 Å². The first kappa shape index (κ1) is 14.7. The standard InChI is InChI=1S/C13H12ClF4NO2/c14-9-5-11-10(20-12(15,16)13(17,18)21-11)4-8(9)7-2-1-3-19-6-7/h4-5,7,19H,1-3,6H2. The lowest BCUT2D eigenvalue weighted by atomic mass is 9.91. The van der Waals surface area contributed by atoms with Crippen LogP contribution in [0, 0.1) is 0 Å². The lowest BCUT2D eigenvalue weighted by Gasteiger charge is -2.33. The first-order valence-corrected chi connectivity index (χ1v) is 6.86. The number of rotatable bonds is 1. The normalized spacial score (nSPS) is 26.4. The van der Waals surface area contributed by atoms with Gasteiger partial charge in [0.1, 0.15) is 0 Å². The second-order valence-corrected chi connectivity index (χ2v) is 5.51. The third kappa shape index (κ3) is 2.53. The molecule has 0 amide bonds. The summed E-state index contributed by atoms with van der Waals surface area (Å²) in [5.74, 6) is -0.879. The Kier molecular flexibility index (Phi) is 3.44. The van der Waals surface area contributed by atoms with Crippen LogP contribution >= 0.6 is 11.6 Å². The SMILES string of the molecule is FC1(F)Oc2cc(Cl)c(C3CCCNC3)cc2OC1(F)F. The minimum Gasteiger partial charge on any atom is -0.421 e. The monoisotopic (exact) mass is 325 g/mol. The Morgan fingerprint density at radius 3 is 2.29 bits per heavy atom. The maximum Gasteiger partial charge on any atom is 0.507 e. The molecule has 3 rings (SSSR count). The second-order valence-electron chi connectivity index (χ2n) is 5.10. The fourth-order valence-electron chi connectivity index (χ4n) is 2.54. The number of fused-ring (bicyclic) bond motifs is 1. The summed E-state index contributed by atoms with van der Waals surface area (Å²) in [7, 11) is 0. The minimum absolute atomic E-state index is 0.0243. The van der Waals surface area contributed by atoms with Crippen LogP contribution in [0.4, 0.5) is 17.6 Å². The van der Waals surface area contributed by atoms with Crippen molar-refractivity contribution in [3.63, 3.8) is 0 Å². The number of hydrogen-bond acceptors (Lipinski definition) is 3. The number of ether oxygens (including phenoxy) is 2. The third-order valence-electron chi connectivity index (χ3n) is 3.61. The number of halogens is 5. The molecular formula is C13H12ClF4NO2. The predicted molar refractivity (Wildman–Crippen MR) is 67.4 cm³/mol. The Morgan fingerprint density at radius 2 is 1.71 bits per heavy atom. The molecule has 2 aliphatic heterocycles. The summed E-state index contributed by atoms with van der Waals surface area (Å²) in [6, 6.07) is 2.36. The summed E-state index contributed by atoms with van der Waals surface area (Å²) in [6.45, 7) is 1.52. The van der Waals surface area contributed by atoms with E-state index in [9.17, 15) is 17.6 Å². The lowest BCUT2D eigenvalue weighted by Crippen LogP contribution is -2.52. The number of hydrogen-bond donors (Lipinski definition) is 1. The number of nitrogens with one attached hydrogen (secondary N) is 1. The van der Waals surface area contributed by atoms with Crippen LogP contribution in [0.15, 0.2) is 12.1 Å². The molecule has 1 saturated heterocycles. The van der Waals surface area contributed by atoms with Crippen molar-refractivity contribution in [1.29, 1.82) is 0 Å². The van der Waals surface area contributed by atoms with Gasteiger partial charge in [0.2, 0.25) is 0 Å². The third-order valence-corrected chi connectivity index (χ3v) is 3.94. The van der Waals surface area contributed by atoms with Gasteiger partial charge in [-0.2, -0.15) is 17.6 Å². The molecule has 21 heavy (non-hydrogen) atoms. The highest BCUT2D eigenvalue weighted by Gasteiger charge is 2.66. The average Bonchev–Trinajstić information content (AvgIpc) is 2.41. The summed E-state index contributed by atoms with van der Waals surface area (Å²) < 4.78 is 60.8. The molecule has 1 fully saturated rings. The first-order chi connectivity index (χ1) is 9.80. The van der Waals surface area contributed by atoms with Crippen molar-refractivity contribution in [3.8, 4) is 11.5 Å². The molecule has 1 N–H and O–H groups in total. The van der Waals surface area contributed by atoms with E-state index in [1.54, 1.807) is 0 Å². The summed E-state index contributed by atoms with van der Waals surface area (Å²) in [6.07, 6.45) is -7.68. The smallest absolute Gasteiger partial charge is 0.421 e. The van der Waals surface area contributed by atoms with Gasteiger partial charge in [0.25, 0.3) is 0 Å². The Bertz CT molecular complexity index is 561. The quantitative estimate of drug-likeness (QED) is 0.797. The molecule has 0 saturated carbocycles. The zero-order chi connectivity index (χ0) is 15.3. The van der Waals surface area contributed by atoms with Crippen molar-refractivity contribution >= 4 is 11.6 Å². The average molecular weight is 326 g/mol. The van der Waals surface area contributed by atoms with Crippen LogP contribution in [0.25, 0.3) is 0 Å². The molecule has 0 aliphatic carbocycles. The van der Waals surface area contributed by atoms with Gasteiger partial charge in [-0.1, -0.05) is 11.6 Å². The van der Waals surface area contributed by atoms with E-state index in [1.165, 1.54) is 6.07 Å². The number of benzene rings is 1. The van der Waals surface area contributed by atoms with E-state index in [4.69, 9.17) is 11.6 Å². The van der Waals surface area contributed by atoms with Crippen molar-refractivity contribution in [1.82, 2.24) is 5.32 Å². The highest BCUT2D eigenvalue weighted by molar-refractivity contribution is 6.31. The predicted octanol–water partition coefficient (Wildman–Crippen LogP) is 3.76. The molecule has 0 spiro atoms. The zero-order valence-corrected chi connectivity index (χ0v) is 11.5. The Hall–Kier alpha value is -1.21. The summed E-state index contributed by atoms with van der Waals surface area (Å²) in [5, 5.41) is 3.37. The minimum atomic E-state index is -4.72. The topological polar surface area (TPSA) is 30.5 Å². The largest absolute Gasteiger partial charge is 0.507 e. The van der Waals surface area contributed by atoms with Gasteiger partial charge in [-0.25, -0.2) is 0 Å². The van der Waals surface area contributed by atoms with E-state index < -0.39 is 23.7 Å². The van der Waals surface area contributed by atoms with Crippen molar-refractivity contribution in [2.24, 2.45) is 0 Å². The maximum absolute atomic E-state index is 13.2. The molecule has 116 valence electrons. The first-order valence-electron chi connectivity index (χ1n) is 6.48. The van der Waals surface area contributed by atoms with Gasteiger partial charge in [-0.3, -0.25) is 0 Å². The summed E-state index contributed by atoms with van der Waals surface area (Å²) >= 11 is 6.06. The Balaban J connectivity index is 1.97. The van der Waals surface area contributed by atoms with Gasteiger partial charge in [0, 0.05) is 17.6 Å². The van der Waals surface area contributed by atoms with E-state index in [0.717, 1.165) is 25.5 Å². The molecule has 1 unspecified atom stereocenters. The van der Waals surface area contributed by atoms with Gasteiger partial charge < -0.3 is 14.8 Å². The Labute approximate surface area is 123 Å². The lowest BCUT2D eigenvalue weighted by molar-refractivity contribution is -0.391. The summed E-state index contributed by atoms with van der Waals surface area (Å²) in [4.78, 5) is 0. The van der Waals surface area contributed by atoms with Crippen LogP contribution < -0.4 is 14.8 Å². The second kappa shape index (κ2) is 4.91. The molecule has 1 atom stereocenters. The van der Waals surface area contributed by atoms with Gasteiger partial charge in [0.15, 0.2) is 11.5 Å². The molecule has 3 nitrogen and oxygen atoms in total. The molecule has 8 heteroatoms. The molecule has 0 radical (unpaired) electrons. The highest BCUT2D eigenvalue weighted by atomic mass is 35.5. The number of piperidine rings is 1. The van der Waals surface area contributed by atoms with E-state index in [-0.39, 0.29) is 10.9 Å². The van der Waals surface area contributed by atoms with E-state index in [1.807, 2.05) is 0 Å². The molecule has 0 bridgehead atoms. The fourth-order valence-corrected chi connectivity index (χ4v) is 2.84. The van der Waals surface area contributed by atoms with Crippen molar-refractivity contribution in [2.75, 3.05) is 13.1 Å². The van der Waals surface area contributed by atoms with Gasteiger partial charge in [-0.15, -0.1) is 0 Å². The van der Waals surface area contributed by atoms with Crippen LogP contribution in [-0.2, 0) is 0 Å². The van der Waals surface area contributed by atoms with Crippen LogP contribution in [0.1, 0.15) is 24.3 Å². The van der Waals surface area contributed by atoms with Crippen molar-refractivity contribution in [3.05, 3.63) is 22.7 Å². The maximum atomic E-state index is 13.2. The fraction of sp³-hybridized carbons (Fsp3) is 0.538. The molecule has 1 aromatic carbocycles. The van der Waals surface area contributed by atoms with Crippen LogP contribution in [0.3, 0.4) is 0 Å². The van der Waals surface area contributed by atoms with Crippen LogP contribution in [0.2, 0.25) is 5.02 Å². The summed E-state index contributed by atoms with van der Waals surface area (Å²) in [5.41, 5.74) is 0.590. The number of alkyl halides is 4. The Morgan fingerprint density at radius 1 is 1.10 bits per heavy atom. The molecule has 2 heterocycles. The van der Waals surface area contributed by atoms with Gasteiger partial charge in [0.05, 0.1) is 0 Å². The van der Waals surface area contributed by atoms with Gasteiger partial charge >= 0.3 is 12.2 Å². The molecule has 1 aromatic rings. The van der Waals surface area contributed by atoms with E-state index >= 15 is 0 Å². The molecule has 0 aromatic heterocycles. The molecular weight excluding hydrogens is 314 g/mol. The molecule has 2 aliphatic rings. The van der Waals surface area contributed by atoms with Crippen LogP contribution in [0.5, 0.6) is 11.5 Å². The van der Waals surface area contributed by atoms with Gasteiger partial charge in [-0.05, 0) is 36.9 Å². The van der Waals surface area contributed by atoms with E-state index in [2.05, 4.69) is 14.8 Å². The van der Waals surface area contributed by atoms with E-state index in [0.29, 0.717) is 12.1 Å². The van der Waals surface area contributed by atoms with Crippen LogP contribution in [-0.4, -0.2) is 25.3 Å². The van der Waals surface area contributed by atoms with Crippen molar-refractivity contribution in [2.45, 2.75) is 31.0 Å². The zero-order valence-electron chi connectivity index (χ0n) is 10.8.